The Hall–Kier alpha value is -1.94. The van der Waals surface area contributed by atoms with Gasteiger partial charge in [0.25, 0.3) is 0 Å². The van der Waals surface area contributed by atoms with Gasteiger partial charge in [0.2, 0.25) is 0 Å². The fourth-order valence-electron chi connectivity index (χ4n) is 12.9. The molecule has 19 heteroatoms. The molecular formula is C83H162O17P2. The molecular weight excluding hydrogens is 1330 g/mol. The van der Waals surface area contributed by atoms with Gasteiger partial charge in [-0.2, -0.15) is 0 Å². The Morgan fingerprint density at radius 3 is 0.667 bits per heavy atom. The summed E-state index contributed by atoms with van der Waals surface area (Å²) in [7, 11) is -9.92. The Morgan fingerprint density at radius 2 is 0.451 bits per heavy atom. The zero-order chi connectivity index (χ0) is 74.9. The summed E-state index contributed by atoms with van der Waals surface area (Å²) in [6.07, 6.45) is 65.2. The van der Waals surface area contributed by atoms with E-state index in [1.807, 2.05) is 0 Å². The molecule has 0 aromatic carbocycles. The van der Waals surface area contributed by atoms with Gasteiger partial charge >= 0.3 is 39.5 Å². The number of hydrogen-bond acceptors (Lipinski definition) is 15. The summed E-state index contributed by atoms with van der Waals surface area (Å²) >= 11 is 0. The molecule has 0 aliphatic heterocycles. The number of phosphoric ester groups is 2. The summed E-state index contributed by atoms with van der Waals surface area (Å²) in [5.74, 6) is -0.596. The van der Waals surface area contributed by atoms with Crippen molar-refractivity contribution in [2.45, 2.75) is 458 Å². The topological polar surface area (TPSA) is 237 Å². The maximum atomic E-state index is 13.1. The van der Waals surface area contributed by atoms with Crippen LogP contribution in [0.15, 0.2) is 0 Å². The Kier molecular flexibility index (Phi) is 73.1. The molecule has 17 nitrogen and oxygen atoms in total. The van der Waals surface area contributed by atoms with Gasteiger partial charge in [0.05, 0.1) is 26.4 Å². The number of carbonyl (C=O) groups is 4. The van der Waals surface area contributed by atoms with Crippen LogP contribution >= 0.6 is 15.6 Å². The summed E-state index contributed by atoms with van der Waals surface area (Å²) in [6.45, 7) is 9.63. The molecule has 0 saturated heterocycles. The standard InChI is InChI=1S/C83H162O17P2/c1-7-9-11-13-15-17-19-21-23-24-25-26-27-28-30-32-34-43-49-55-61-67-82(87)99-78(71-93-80(85)65-59-53-47-41-33-31-29-22-20-18-16-14-12-10-8-2)73-97-101(89,90)95-69-77(84)70-96-102(91,92)98-74-79(100-83(88)68-62-56-50-44-38-36-40-46-52-58-64-76(5)6)72-94-81(86)66-60-54-48-42-37-35-39-45-51-57-63-75(3)4/h75-79,84H,7-74H2,1-6H3,(H,89,90)(H,91,92)/t77-,78-,79-/m1/s1. The van der Waals surface area contributed by atoms with E-state index in [4.69, 9.17) is 37.0 Å². The van der Waals surface area contributed by atoms with Crippen LogP contribution in [-0.4, -0.2) is 96.7 Å². The van der Waals surface area contributed by atoms with Crippen molar-refractivity contribution in [2.24, 2.45) is 11.8 Å². The second-order valence-electron chi connectivity index (χ2n) is 30.8. The van der Waals surface area contributed by atoms with E-state index >= 15 is 0 Å². The highest BCUT2D eigenvalue weighted by molar-refractivity contribution is 7.47. The van der Waals surface area contributed by atoms with Crippen molar-refractivity contribution in [3.8, 4) is 0 Å². The molecule has 0 saturated carbocycles. The van der Waals surface area contributed by atoms with Crippen molar-refractivity contribution in [3.05, 3.63) is 0 Å². The first-order valence-corrected chi connectivity index (χ1v) is 46.0. The summed E-state index contributed by atoms with van der Waals surface area (Å²) in [5.41, 5.74) is 0. The van der Waals surface area contributed by atoms with E-state index in [0.29, 0.717) is 25.7 Å². The quantitative estimate of drug-likeness (QED) is 0.0222. The van der Waals surface area contributed by atoms with Crippen molar-refractivity contribution in [1.29, 1.82) is 0 Å². The van der Waals surface area contributed by atoms with Crippen LogP contribution in [0.5, 0.6) is 0 Å². The van der Waals surface area contributed by atoms with Crippen molar-refractivity contribution in [2.75, 3.05) is 39.6 Å². The maximum absolute atomic E-state index is 13.1. The molecule has 0 amide bonds. The lowest BCUT2D eigenvalue weighted by molar-refractivity contribution is -0.161. The fourth-order valence-corrected chi connectivity index (χ4v) is 14.5. The van der Waals surface area contributed by atoms with Gasteiger partial charge in [-0.3, -0.25) is 37.3 Å². The van der Waals surface area contributed by atoms with Gasteiger partial charge in [0.15, 0.2) is 12.2 Å². The molecule has 0 heterocycles. The van der Waals surface area contributed by atoms with E-state index in [9.17, 15) is 43.2 Å². The highest BCUT2D eigenvalue weighted by atomic mass is 31.2. The lowest BCUT2D eigenvalue weighted by Crippen LogP contribution is -2.30. The summed E-state index contributed by atoms with van der Waals surface area (Å²) in [4.78, 5) is 73.1. The molecule has 0 radical (unpaired) electrons. The van der Waals surface area contributed by atoms with Gasteiger partial charge in [-0.15, -0.1) is 0 Å². The first-order chi connectivity index (χ1) is 49.4. The minimum atomic E-state index is -4.96. The molecule has 0 fully saturated rings. The Morgan fingerprint density at radius 1 is 0.265 bits per heavy atom. The minimum absolute atomic E-state index is 0.106. The Labute approximate surface area is 626 Å². The molecule has 5 atom stereocenters. The van der Waals surface area contributed by atoms with Gasteiger partial charge in [-0.25, -0.2) is 9.13 Å². The van der Waals surface area contributed by atoms with Crippen molar-refractivity contribution < 1.29 is 80.2 Å². The third-order valence-electron chi connectivity index (χ3n) is 19.5. The SMILES string of the molecule is CCCCCCCCCCCCCCCCCCCCCCCC(=O)O[C@H](COC(=O)CCCCCCCCCCCCCCCCC)COP(=O)(O)OC[C@@H](O)COP(=O)(O)OC[C@@H](COC(=O)CCCCCCCCCCCCC(C)C)OC(=O)CCCCCCCCCCCCC(C)C. The number of carbonyl (C=O) groups excluding carboxylic acids is 4. The highest BCUT2D eigenvalue weighted by Gasteiger charge is 2.30. The number of rotatable bonds is 82. The van der Waals surface area contributed by atoms with E-state index in [0.717, 1.165) is 102 Å². The zero-order valence-electron chi connectivity index (χ0n) is 66.9. The third-order valence-corrected chi connectivity index (χ3v) is 21.4. The van der Waals surface area contributed by atoms with Crippen molar-refractivity contribution >= 4 is 39.5 Å². The molecule has 0 rings (SSSR count). The summed E-state index contributed by atoms with van der Waals surface area (Å²) in [5, 5.41) is 10.7. The zero-order valence-corrected chi connectivity index (χ0v) is 68.7. The normalized spacial score (nSPS) is 13.9. The number of phosphoric acid groups is 2. The first kappa shape index (κ1) is 100. The summed E-state index contributed by atoms with van der Waals surface area (Å²) in [6, 6.07) is 0. The number of ether oxygens (including phenoxy) is 4. The van der Waals surface area contributed by atoms with Crippen LogP contribution in [-0.2, 0) is 65.4 Å². The molecule has 2 unspecified atom stereocenters. The Balaban J connectivity index is 5.24. The molecule has 0 aromatic heterocycles. The van der Waals surface area contributed by atoms with Crippen LogP contribution in [0.2, 0.25) is 0 Å². The third kappa shape index (κ3) is 76.3. The lowest BCUT2D eigenvalue weighted by Gasteiger charge is -2.21. The second kappa shape index (κ2) is 74.5. The molecule has 0 aromatic rings. The maximum Gasteiger partial charge on any atom is 0.472 e. The minimum Gasteiger partial charge on any atom is -0.462 e. The number of unbranched alkanes of at least 4 members (excludes halogenated alkanes) is 52. The average Bonchev–Trinajstić information content (AvgIpc) is 0.911. The molecule has 0 aliphatic carbocycles. The average molecular weight is 1490 g/mol. The van der Waals surface area contributed by atoms with Crippen molar-refractivity contribution in [1.82, 2.24) is 0 Å². The first-order valence-electron chi connectivity index (χ1n) is 43.0. The van der Waals surface area contributed by atoms with Crippen molar-refractivity contribution in [3.63, 3.8) is 0 Å². The van der Waals surface area contributed by atoms with Crippen LogP contribution in [0.4, 0.5) is 0 Å². The van der Waals surface area contributed by atoms with Crippen LogP contribution in [0.25, 0.3) is 0 Å². The second-order valence-corrected chi connectivity index (χ2v) is 33.7. The molecule has 0 bridgehead atoms. The molecule has 0 spiro atoms. The van der Waals surface area contributed by atoms with E-state index in [2.05, 4.69) is 41.5 Å². The smallest absolute Gasteiger partial charge is 0.462 e. The van der Waals surface area contributed by atoms with Crippen LogP contribution in [0, 0.1) is 11.8 Å². The summed E-state index contributed by atoms with van der Waals surface area (Å²) < 4.78 is 68.8. The highest BCUT2D eigenvalue weighted by Crippen LogP contribution is 2.45. The lowest BCUT2D eigenvalue weighted by atomic mass is 10.0. The number of aliphatic hydroxyl groups excluding tert-OH is 1. The molecule has 3 N–H and O–H groups in total. The predicted molar refractivity (Wildman–Crippen MR) is 418 cm³/mol. The van der Waals surface area contributed by atoms with E-state index in [1.165, 1.54) is 257 Å². The molecule has 102 heavy (non-hydrogen) atoms. The molecule has 0 aliphatic rings. The van der Waals surface area contributed by atoms with Gasteiger partial charge in [0, 0.05) is 25.7 Å². The number of esters is 4. The fraction of sp³-hybridized carbons (Fsp3) is 0.952. The van der Waals surface area contributed by atoms with Gasteiger partial charge in [-0.05, 0) is 37.5 Å². The van der Waals surface area contributed by atoms with Crippen LogP contribution in [0.3, 0.4) is 0 Å². The van der Waals surface area contributed by atoms with Crippen LogP contribution in [0.1, 0.15) is 440 Å². The van der Waals surface area contributed by atoms with Crippen LogP contribution < -0.4 is 0 Å². The van der Waals surface area contributed by atoms with E-state index in [1.54, 1.807) is 0 Å². The van der Waals surface area contributed by atoms with Gasteiger partial charge in [-0.1, -0.05) is 388 Å². The van der Waals surface area contributed by atoms with Gasteiger partial charge < -0.3 is 33.8 Å². The van der Waals surface area contributed by atoms with E-state index < -0.39 is 97.5 Å². The Bertz CT molecular complexity index is 1960. The largest absolute Gasteiger partial charge is 0.472 e. The predicted octanol–water partition coefficient (Wildman–Crippen LogP) is 25.1. The molecule has 606 valence electrons. The van der Waals surface area contributed by atoms with E-state index in [-0.39, 0.29) is 25.7 Å². The number of aliphatic hydroxyl groups is 1. The monoisotopic (exact) mass is 1490 g/mol. The number of hydrogen-bond donors (Lipinski definition) is 3. The van der Waals surface area contributed by atoms with Gasteiger partial charge in [0.1, 0.15) is 19.3 Å².